The summed E-state index contributed by atoms with van der Waals surface area (Å²) in [5.41, 5.74) is 7.53. The van der Waals surface area contributed by atoms with Crippen molar-refractivity contribution in [3.8, 4) is 6.07 Å². The first-order valence-electron chi connectivity index (χ1n) is 5.82. The fourth-order valence-electron chi connectivity index (χ4n) is 2.30. The predicted octanol–water partition coefficient (Wildman–Crippen LogP) is 2.39. The van der Waals surface area contributed by atoms with Crippen LogP contribution >= 0.6 is 11.6 Å². The van der Waals surface area contributed by atoms with Crippen molar-refractivity contribution in [3.05, 3.63) is 28.8 Å². The monoisotopic (exact) mass is 249 g/mol. The third-order valence-corrected chi connectivity index (χ3v) is 3.62. The van der Waals surface area contributed by atoms with Crippen molar-refractivity contribution in [2.45, 2.75) is 19.4 Å². The maximum Gasteiger partial charge on any atom is 0.101 e. The van der Waals surface area contributed by atoms with Crippen LogP contribution in [0.5, 0.6) is 0 Å². The standard InChI is InChI=1S/C13H16ClN3/c1-9(16)11-4-5-17(8-11)13-6-12(14)3-2-10(13)7-15/h2-3,6,9,11H,4-5,8,16H2,1H3. The molecular formula is C13H16ClN3. The maximum absolute atomic E-state index is 9.10. The van der Waals surface area contributed by atoms with Crippen LogP contribution in [0.1, 0.15) is 18.9 Å². The van der Waals surface area contributed by atoms with Crippen molar-refractivity contribution in [1.82, 2.24) is 0 Å². The Bertz CT molecular complexity index is 450. The Morgan fingerprint density at radius 1 is 1.59 bits per heavy atom. The third kappa shape index (κ3) is 2.54. The van der Waals surface area contributed by atoms with E-state index in [9.17, 15) is 0 Å². The van der Waals surface area contributed by atoms with Gasteiger partial charge in [0.2, 0.25) is 0 Å². The fraction of sp³-hybridized carbons (Fsp3) is 0.462. The topological polar surface area (TPSA) is 53.0 Å². The number of anilines is 1. The van der Waals surface area contributed by atoms with E-state index in [0.29, 0.717) is 16.5 Å². The summed E-state index contributed by atoms with van der Waals surface area (Å²) in [4.78, 5) is 2.21. The minimum absolute atomic E-state index is 0.199. The minimum Gasteiger partial charge on any atom is -0.370 e. The highest BCUT2D eigenvalue weighted by atomic mass is 35.5. The van der Waals surface area contributed by atoms with Gasteiger partial charge >= 0.3 is 0 Å². The lowest BCUT2D eigenvalue weighted by Gasteiger charge is -2.21. The first-order chi connectivity index (χ1) is 8.11. The molecule has 0 amide bonds. The summed E-state index contributed by atoms with van der Waals surface area (Å²) in [6, 6.07) is 7.80. The van der Waals surface area contributed by atoms with Crippen molar-refractivity contribution in [1.29, 1.82) is 5.26 Å². The van der Waals surface area contributed by atoms with Crippen LogP contribution in [0.4, 0.5) is 5.69 Å². The van der Waals surface area contributed by atoms with Crippen LogP contribution < -0.4 is 10.6 Å². The Kier molecular flexibility index (Phi) is 3.56. The molecule has 1 fully saturated rings. The van der Waals surface area contributed by atoms with Gasteiger partial charge in [-0.05, 0) is 37.5 Å². The molecule has 1 aliphatic rings. The Balaban J connectivity index is 2.24. The van der Waals surface area contributed by atoms with Crippen LogP contribution in [0.2, 0.25) is 5.02 Å². The highest BCUT2D eigenvalue weighted by Crippen LogP contribution is 2.30. The summed E-state index contributed by atoms with van der Waals surface area (Å²) >= 11 is 5.99. The van der Waals surface area contributed by atoms with E-state index in [-0.39, 0.29) is 6.04 Å². The molecule has 17 heavy (non-hydrogen) atoms. The highest BCUT2D eigenvalue weighted by Gasteiger charge is 2.26. The molecule has 0 saturated carbocycles. The molecule has 0 radical (unpaired) electrons. The third-order valence-electron chi connectivity index (χ3n) is 3.39. The normalized spacial score (nSPS) is 21.3. The van der Waals surface area contributed by atoms with Gasteiger partial charge in [0.05, 0.1) is 11.3 Å². The summed E-state index contributed by atoms with van der Waals surface area (Å²) in [6.07, 6.45) is 1.08. The van der Waals surface area contributed by atoms with Gasteiger partial charge in [-0.2, -0.15) is 5.26 Å². The second-order valence-electron chi connectivity index (χ2n) is 4.63. The number of halogens is 1. The lowest BCUT2D eigenvalue weighted by atomic mass is 10.0. The van der Waals surface area contributed by atoms with E-state index < -0.39 is 0 Å². The van der Waals surface area contributed by atoms with Crippen molar-refractivity contribution >= 4 is 17.3 Å². The molecule has 2 unspecified atom stereocenters. The zero-order valence-corrected chi connectivity index (χ0v) is 10.6. The molecule has 1 saturated heterocycles. The molecular weight excluding hydrogens is 234 g/mol. The number of hydrogen-bond donors (Lipinski definition) is 1. The number of benzene rings is 1. The van der Waals surface area contributed by atoms with E-state index in [1.165, 1.54) is 0 Å². The number of nitrogens with two attached hydrogens (primary N) is 1. The Hall–Kier alpha value is -1.24. The zero-order valence-electron chi connectivity index (χ0n) is 9.86. The van der Waals surface area contributed by atoms with Crippen LogP contribution in [0.3, 0.4) is 0 Å². The van der Waals surface area contributed by atoms with Gasteiger partial charge in [-0.15, -0.1) is 0 Å². The smallest absolute Gasteiger partial charge is 0.101 e. The van der Waals surface area contributed by atoms with E-state index in [2.05, 4.69) is 11.0 Å². The number of nitrogens with zero attached hydrogens (tertiary/aromatic N) is 2. The quantitative estimate of drug-likeness (QED) is 0.876. The predicted molar refractivity (Wildman–Crippen MR) is 70.1 cm³/mol. The van der Waals surface area contributed by atoms with Crippen molar-refractivity contribution in [3.63, 3.8) is 0 Å². The van der Waals surface area contributed by atoms with Crippen LogP contribution in [-0.4, -0.2) is 19.1 Å². The van der Waals surface area contributed by atoms with Crippen LogP contribution in [-0.2, 0) is 0 Å². The summed E-state index contributed by atoms with van der Waals surface area (Å²) < 4.78 is 0. The lowest BCUT2D eigenvalue weighted by molar-refractivity contribution is 0.488. The van der Waals surface area contributed by atoms with Gasteiger partial charge in [-0.1, -0.05) is 11.6 Å². The van der Waals surface area contributed by atoms with Gasteiger partial charge in [0.15, 0.2) is 0 Å². The maximum atomic E-state index is 9.10. The average molecular weight is 250 g/mol. The van der Waals surface area contributed by atoms with E-state index in [1.807, 2.05) is 13.0 Å². The Morgan fingerprint density at radius 2 is 2.35 bits per heavy atom. The van der Waals surface area contributed by atoms with Crippen molar-refractivity contribution in [2.24, 2.45) is 11.7 Å². The molecule has 1 aromatic rings. The second kappa shape index (κ2) is 4.95. The minimum atomic E-state index is 0.199. The van der Waals surface area contributed by atoms with Gasteiger partial charge in [0, 0.05) is 24.2 Å². The Morgan fingerprint density at radius 3 is 2.94 bits per heavy atom. The van der Waals surface area contributed by atoms with E-state index >= 15 is 0 Å². The molecule has 0 aliphatic carbocycles. The lowest BCUT2D eigenvalue weighted by Crippen LogP contribution is -2.29. The molecule has 4 heteroatoms. The van der Waals surface area contributed by atoms with Crippen LogP contribution in [0.25, 0.3) is 0 Å². The molecule has 3 nitrogen and oxygen atoms in total. The van der Waals surface area contributed by atoms with Gasteiger partial charge in [-0.25, -0.2) is 0 Å². The first-order valence-corrected chi connectivity index (χ1v) is 6.20. The molecule has 90 valence electrons. The Labute approximate surface area is 107 Å². The van der Waals surface area contributed by atoms with Crippen molar-refractivity contribution in [2.75, 3.05) is 18.0 Å². The summed E-state index contributed by atoms with van der Waals surface area (Å²) in [6.45, 7) is 3.89. The van der Waals surface area contributed by atoms with E-state index in [4.69, 9.17) is 22.6 Å². The first kappa shape index (κ1) is 12.2. The molecule has 2 N–H and O–H groups in total. The molecule has 0 spiro atoms. The van der Waals surface area contributed by atoms with Gasteiger partial charge in [-0.3, -0.25) is 0 Å². The highest BCUT2D eigenvalue weighted by molar-refractivity contribution is 6.30. The molecule has 0 bridgehead atoms. The van der Waals surface area contributed by atoms with E-state index in [1.54, 1.807) is 12.1 Å². The molecule has 2 rings (SSSR count). The van der Waals surface area contributed by atoms with Gasteiger partial charge in [0.25, 0.3) is 0 Å². The largest absolute Gasteiger partial charge is 0.370 e. The SMILES string of the molecule is CC(N)C1CCN(c2cc(Cl)ccc2C#N)C1. The zero-order chi connectivity index (χ0) is 12.4. The number of rotatable bonds is 2. The second-order valence-corrected chi connectivity index (χ2v) is 5.06. The average Bonchev–Trinajstić information content (AvgIpc) is 2.78. The van der Waals surface area contributed by atoms with Crippen LogP contribution in [0, 0.1) is 17.2 Å². The summed E-state index contributed by atoms with van der Waals surface area (Å²) in [5.74, 6) is 0.500. The molecule has 0 aromatic heterocycles. The fourth-order valence-corrected chi connectivity index (χ4v) is 2.46. The number of hydrogen-bond acceptors (Lipinski definition) is 3. The summed E-state index contributed by atoms with van der Waals surface area (Å²) in [5, 5.41) is 9.77. The van der Waals surface area contributed by atoms with Crippen LogP contribution in [0.15, 0.2) is 18.2 Å². The molecule has 1 aromatic carbocycles. The molecule has 1 heterocycles. The number of nitriles is 1. The molecule has 2 atom stereocenters. The van der Waals surface area contributed by atoms with Crippen molar-refractivity contribution < 1.29 is 0 Å². The summed E-state index contributed by atoms with van der Waals surface area (Å²) in [7, 11) is 0. The van der Waals surface area contributed by atoms with Gasteiger partial charge < -0.3 is 10.6 Å². The molecule has 1 aliphatic heterocycles. The van der Waals surface area contributed by atoms with Gasteiger partial charge in [0.1, 0.15) is 6.07 Å². The van der Waals surface area contributed by atoms with E-state index in [0.717, 1.165) is 25.2 Å².